The van der Waals surface area contributed by atoms with Gasteiger partial charge in [-0.3, -0.25) is 9.36 Å². The smallest absolute Gasteiger partial charge is 0.160 e. The van der Waals surface area contributed by atoms with Crippen LogP contribution in [0.2, 0.25) is 0 Å². The van der Waals surface area contributed by atoms with E-state index < -0.39 is 17.5 Å². The summed E-state index contributed by atoms with van der Waals surface area (Å²) < 4.78 is 61.6. The number of aryl methyl sites for hydroxylation is 2. The molecule has 9 nitrogen and oxygen atoms in total. The largest absolute Gasteiger partial charge is 0.313 e. The van der Waals surface area contributed by atoms with Crippen molar-refractivity contribution in [3.8, 4) is 22.6 Å². The first-order valence-electron chi connectivity index (χ1n) is 18.3. The number of benzene rings is 4. The van der Waals surface area contributed by atoms with Gasteiger partial charge < -0.3 is 10.6 Å². The van der Waals surface area contributed by atoms with Crippen LogP contribution in [0.5, 0.6) is 0 Å². The van der Waals surface area contributed by atoms with Gasteiger partial charge in [-0.25, -0.2) is 32.5 Å². The molecule has 4 aromatic heterocycles. The van der Waals surface area contributed by atoms with Crippen molar-refractivity contribution < 1.29 is 17.6 Å². The van der Waals surface area contributed by atoms with Crippen molar-refractivity contribution >= 4 is 54.8 Å². The Hall–Kier alpha value is -6.31. The van der Waals surface area contributed by atoms with E-state index in [-0.39, 0.29) is 22.7 Å². The Kier molecular flexibility index (Phi) is 9.10. The van der Waals surface area contributed by atoms with Crippen molar-refractivity contribution in [2.24, 2.45) is 14.1 Å². The zero-order chi connectivity index (χ0) is 38.5. The van der Waals surface area contributed by atoms with Gasteiger partial charge in [0.1, 0.15) is 33.7 Å². The predicted molar refractivity (Wildman–Crippen MR) is 211 cm³/mol. The molecule has 280 valence electrons. The van der Waals surface area contributed by atoms with Gasteiger partial charge in [0.25, 0.3) is 0 Å². The minimum absolute atomic E-state index is 0.231. The lowest BCUT2D eigenvalue weighted by Crippen LogP contribution is -2.20. The Bertz CT molecular complexity index is 2710. The highest BCUT2D eigenvalue weighted by molar-refractivity contribution is 5.89. The first-order valence-corrected chi connectivity index (χ1v) is 18.3. The minimum Gasteiger partial charge on any atom is -0.313 e. The molecule has 56 heavy (non-hydrogen) atoms. The van der Waals surface area contributed by atoms with Gasteiger partial charge in [-0.15, -0.1) is 0 Å². The summed E-state index contributed by atoms with van der Waals surface area (Å²) in [6, 6.07) is 16.9. The lowest BCUT2D eigenvalue weighted by molar-refractivity contribution is 0.632. The van der Waals surface area contributed by atoms with Crippen molar-refractivity contribution in [1.29, 1.82) is 0 Å². The standard InChI is InChI=1S/C22H18F2N4.C21H17F2N5/c1-28-12-17-9-16(11-19(24)22(17)27-28)20-3-2-14-8-15(10-18(23)21(14)26-20)13-4-6-25-7-5-13;1-28-11-16-7-14(9-18(23)20(16)27-28)21-25-10-15-6-13(8-17(22)19(15)26-21)12-2-4-24-5-3-12/h2-4,8-12,25H,5-7H2,1H3;2,6-11,24H,3-5H2,1H3. The molecule has 2 N–H and O–H groups in total. The first kappa shape index (κ1) is 35.4. The second-order valence-corrected chi connectivity index (χ2v) is 14.1. The lowest BCUT2D eigenvalue weighted by Gasteiger charge is -2.15. The van der Waals surface area contributed by atoms with E-state index in [9.17, 15) is 17.6 Å². The van der Waals surface area contributed by atoms with Crippen LogP contribution in [-0.4, -0.2) is 60.7 Å². The van der Waals surface area contributed by atoms with Gasteiger partial charge >= 0.3 is 0 Å². The number of fused-ring (bicyclic) bond motifs is 4. The molecule has 2 aliphatic heterocycles. The Morgan fingerprint density at radius 3 is 1.62 bits per heavy atom. The maximum atomic E-state index is 14.8. The van der Waals surface area contributed by atoms with Crippen LogP contribution < -0.4 is 10.6 Å². The van der Waals surface area contributed by atoms with Crippen molar-refractivity contribution in [1.82, 2.24) is 45.1 Å². The van der Waals surface area contributed by atoms with Crippen LogP contribution >= 0.6 is 0 Å². The number of aromatic nitrogens is 7. The van der Waals surface area contributed by atoms with Crippen LogP contribution in [0.4, 0.5) is 17.6 Å². The second-order valence-electron chi connectivity index (χ2n) is 14.1. The summed E-state index contributed by atoms with van der Waals surface area (Å²) in [5.41, 5.74) is 6.77. The third kappa shape index (κ3) is 6.80. The van der Waals surface area contributed by atoms with Gasteiger partial charge in [0.15, 0.2) is 17.5 Å². The van der Waals surface area contributed by atoms with Gasteiger partial charge in [-0.2, -0.15) is 10.2 Å². The SMILES string of the molecule is Cn1cc2cc(-c3ccc4cc(C5=CCNCC5)cc(F)c4n3)cc(F)c2n1.Cn1cc2cc(-c3ncc4cc(C5=CCNCC5)cc(F)c4n3)cc(F)c2n1. The third-order valence-corrected chi connectivity index (χ3v) is 10.2. The molecule has 0 radical (unpaired) electrons. The fraction of sp³-hybridized carbons (Fsp3) is 0.186. The van der Waals surface area contributed by atoms with E-state index in [1.165, 1.54) is 18.2 Å². The maximum Gasteiger partial charge on any atom is 0.160 e. The van der Waals surface area contributed by atoms with E-state index in [4.69, 9.17) is 0 Å². The van der Waals surface area contributed by atoms with E-state index in [2.05, 4.69) is 47.9 Å². The highest BCUT2D eigenvalue weighted by Gasteiger charge is 2.17. The maximum absolute atomic E-state index is 14.8. The van der Waals surface area contributed by atoms with Gasteiger partial charge in [-0.1, -0.05) is 18.2 Å². The summed E-state index contributed by atoms with van der Waals surface area (Å²) in [4.78, 5) is 13.2. The Balaban J connectivity index is 0.000000146. The molecule has 0 bridgehead atoms. The van der Waals surface area contributed by atoms with E-state index in [0.29, 0.717) is 44.0 Å². The van der Waals surface area contributed by atoms with Crippen molar-refractivity contribution in [3.05, 3.63) is 126 Å². The van der Waals surface area contributed by atoms with Gasteiger partial charge in [-0.05, 0) is 103 Å². The van der Waals surface area contributed by atoms with Crippen LogP contribution in [-0.2, 0) is 14.1 Å². The summed E-state index contributed by atoms with van der Waals surface area (Å²) in [6.45, 7) is 3.36. The molecule has 0 atom stereocenters. The van der Waals surface area contributed by atoms with Crippen molar-refractivity contribution in [2.45, 2.75) is 12.8 Å². The first-order chi connectivity index (χ1) is 27.2. The Morgan fingerprint density at radius 1 is 0.536 bits per heavy atom. The molecule has 0 saturated carbocycles. The summed E-state index contributed by atoms with van der Waals surface area (Å²) in [5.74, 6) is -1.35. The number of halogens is 4. The molecule has 10 rings (SSSR count). The van der Waals surface area contributed by atoms with E-state index in [1.54, 1.807) is 60.2 Å². The number of nitrogens with zero attached hydrogens (tertiary/aromatic N) is 7. The van der Waals surface area contributed by atoms with Gasteiger partial charge in [0, 0.05) is 78.4 Å². The molecule has 4 aromatic carbocycles. The summed E-state index contributed by atoms with van der Waals surface area (Å²) >= 11 is 0. The number of nitrogens with one attached hydrogen (secondary N) is 2. The fourth-order valence-electron chi connectivity index (χ4n) is 7.44. The molecular formula is C43H35F4N9. The molecule has 13 heteroatoms. The molecule has 0 aliphatic carbocycles. The highest BCUT2D eigenvalue weighted by atomic mass is 19.1. The Labute approximate surface area is 318 Å². The van der Waals surface area contributed by atoms with E-state index in [0.717, 1.165) is 66.7 Å². The molecule has 2 aliphatic rings. The average molecular weight is 754 g/mol. The van der Waals surface area contributed by atoms with Crippen molar-refractivity contribution in [3.63, 3.8) is 0 Å². The zero-order valence-corrected chi connectivity index (χ0v) is 30.5. The normalized spacial score (nSPS) is 14.6. The quantitative estimate of drug-likeness (QED) is 0.175. The molecule has 0 unspecified atom stereocenters. The van der Waals surface area contributed by atoms with Crippen LogP contribution in [0, 0.1) is 23.3 Å². The third-order valence-electron chi connectivity index (χ3n) is 10.2. The van der Waals surface area contributed by atoms with E-state index in [1.807, 2.05) is 24.3 Å². The predicted octanol–water partition coefficient (Wildman–Crippen LogP) is 8.28. The molecule has 0 spiro atoms. The number of hydrogen-bond acceptors (Lipinski definition) is 7. The average Bonchev–Trinajstić information content (AvgIpc) is 3.80. The van der Waals surface area contributed by atoms with Gasteiger partial charge in [0.2, 0.25) is 0 Å². The molecule has 6 heterocycles. The van der Waals surface area contributed by atoms with Crippen LogP contribution in [0.3, 0.4) is 0 Å². The topological polar surface area (TPSA) is 98.4 Å². The zero-order valence-electron chi connectivity index (χ0n) is 30.5. The fourth-order valence-corrected chi connectivity index (χ4v) is 7.44. The monoisotopic (exact) mass is 753 g/mol. The van der Waals surface area contributed by atoms with Crippen LogP contribution in [0.15, 0.2) is 91.4 Å². The summed E-state index contributed by atoms with van der Waals surface area (Å²) in [7, 11) is 3.48. The summed E-state index contributed by atoms with van der Waals surface area (Å²) in [5, 5.41) is 17.4. The molecular weight excluding hydrogens is 719 g/mol. The Morgan fingerprint density at radius 2 is 1.04 bits per heavy atom. The second kappa shape index (κ2) is 14.4. The number of pyridine rings is 1. The molecule has 8 aromatic rings. The molecule has 0 amide bonds. The van der Waals surface area contributed by atoms with Crippen LogP contribution in [0.25, 0.3) is 77.4 Å². The molecule has 0 saturated heterocycles. The molecule has 0 fully saturated rings. The van der Waals surface area contributed by atoms with E-state index >= 15 is 0 Å². The highest BCUT2D eigenvalue weighted by Crippen LogP contribution is 2.32. The minimum atomic E-state index is -0.453. The lowest BCUT2D eigenvalue weighted by atomic mass is 9.98. The number of hydrogen-bond donors (Lipinski definition) is 2. The van der Waals surface area contributed by atoms with Gasteiger partial charge in [0.05, 0.1) is 5.69 Å². The summed E-state index contributed by atoms with van der Waals surface area (Å²) in [6.07, 6.45) is 11.0. The number of rotatable bonds is 4. The van der Waals surface area contributed by atoms with Crippen molar-refractivity contribution in [2.75, 3.05) is 26.2 Å². The van der Waals surface area contributed by atoms with Crippen LogP contribution in [0.1, 0.15) is 24.0 Å².